The average molecular weight is 728 g/mol. The van der Waals surface area contributed by atoms with Gasteiger partial charge in [0.15, 0.2) is 17.5 Å². The Labute approximate surface area is 329 Å². The molecule has 0 spiro atoms. The number of fused-ring (bicyclic) bond motifs is 5. The van der Waals surface area contributed by atoms with Gasteiger partial charge < -0.3 is 4.42 Å². The summed E-state index contributed by atoms with van der Waals surface area (Å²) in [5.74, 6) is 1.86. The molecule has 266 valence electrons. The van der Waals surface area contributed by atoms with Crippen LogP contribution >= 0.6 is 0 Å². The fraction of sp³-hybridized carbons (Fsp3) is 0. The summed E-state index contributed by atoms with van der Waals surface area (Å²) in [6, 6.07) is 70.0. The molecular weight excluding hydrogens is 695 g/mol. The van der Waals surface area contributed by atoms with Gasteiger partial charge >= 0.3 is 0 Å². The highest BCUT2D eigenvalue weighted by Gasteiger charge is 2.18. The maximum absolute atomic E-state index is 6.21. The molecule has 9 aromatic carbocycles. The summed E-state index contributed by atoms with van der Waals surface area (Å²) in [7, 11) is 0. The summed E-state index contributed by atoms with van der Waals surface area (Å²) in [5, 5.41) is 6.84. The first-order chi connectivity index (χ1) is 28.2. The number of furan rings is 1. The van der Waals surface area contributed by atoms with Gasteiger partial charge in [0.05, 0.1) is 0 Å². The van der Waals surface area contributed by atoms with Gasteiger partial charge in [0.25, 0.3) is 0 Å². The molecule has 2 aromatic heterocycles. The van der Waals surface area contributed by atoms with E-state index >= 15 is 0 Å². The lowest BCUT2D eigenvalue weighted by atomic mass is 9.96. The first-order valence-electron chi connectivity index (χ1n) is 19.2. The van der Waals surface area contributed by atoms with E-state index in [2.05, 4.69) is 176 Å². The maximum Gasteiger partial charge on any atom is 0.164 e. The van der Waals surface area contributed by atoms with Crippen molar-refractivity contribution < 1.29 is 4.42 Å². The zero-order valence-electron chi connectivity index (χ0n) is 30.8. The molecule has 0 aliphatic heterocycles. The normalized spacial score (nSPS) is 11.5. The molecule has 11 aromatic rings. The number of benzene rings is 9. The molecule has 0 fully saturated rings. The monoisotopic (exact) mass is 727 g/mol. The topological polar surface area (TPSA) is 51.8 Å². The second kappa shape index (κ2) is 13.6. The van der Waals surface area contributed by atoms with Crippen LogP contribution in [0.1, 0.15) is 0 Å². The number of aromatic nitrogens is 3. The average Bonchev–Trinajstić information content (AvgIpc) is 3.67. The molecule has 11 rings (SSSR count). The van der Waals surface area contributed by atoms with E-state index in [0.29, 0.717) is 17.5 Å². The number of nitrogens with zero attached hydrogens (tertiary/aromatic N) is 3. The predicted molar refractivity (Wildman–Crippen MR) is 235 cm³/mol. The molecule has 0 aliphatic rings. The standard InChI is InChI=1S/C53H33N3O/c1-2-11-34(12-3-1)39-27-29-44-41(32-39)15-10-19-48(44)53-55-51(37-24-21-36(22-25-37)40-28-30-46-45-17-8-9-20-49(45)57-50(46)33-40)54-52(56-53)47-18-7-6-16-43(47)42-26-23-35-13-4-5-14-38(35)31-42/h1-33H. The summed E-state index contributed by atoms with van der Waals surface area (Å²) in [6.45, 7) is 0. The van der Waals surface area contributed by atoms with E-state index in [1.54, 1.807) is 0 Å². The highest BCUT2D eigenvalue weighted by atomic mass is 16.3. The molecule has 0 saturated heterocycles. The highest BCUT2D eigenvalue weighted by Crippen LogP contribution is 2.37. The lowest BCUT2D eigenvalue weighted by Gasteiger charge is -2.14. The van der Waals surface area contributed by atoms with Crippen LogP contribution in [-0.4, -0.2) is 15.0 Å². The molecule has 0 atom stereocenters. The van der Waals surface area contributed by atoms with Crippen LogP contribution in [0.3, 0.4) is 0 Å². The number of rotatable bonds is 6. The van der Waals surface area contributed by atoms with Gasteiger partial charge in [-0.05, 0) is 85.3 Å². The van der Waals surface area contributed by atoms with E-state index in [1.165, 1.54) is 21.9 Å². The van der Waals surface area contributed by atoms with E-state index in [9.17, 15) is 0 Å². The molecule has 0 aliphatic carbocycles. The van der Waals surface area contributed by atoms with Crippen LogP contribution in [-0.2, 0) is 0 Å². The molecule has 4 heteroatoms. The Hall–Kier alpha value is -7.69. The van der Waals surface area contributed by atoms with Crippen LogP contribution in [0.2, 0.25) is 0 Å². The second-order valence-electron chi connectivity index (χ2n) is 14.4. The molecular formula is C53H33N3O. The fourth-order valence-corrected chi connectivity index (χ4v) is 8.04. The first kappa shape index (κ1) is 32.7. The second-order valence-corrected chi connectivity index (χ2v) is 14.4. The molecule has 0 radical (unpaired) electrons. The van der Waals surface area contributed by atoms with Crippen molar-refractivity contribution >= 4 is 43.5 Å². The minimum atomic E-state index is 0.612. The Balaban J connectivity index is 1.05. The van der Waals surface area contributed by atoms with Gasteiger partial charge in [-0.15, -0.1) is 0 Å². The fourth-order valence-electron chi connectivity index (χ4n) is 8.04. The lowest BCUT2D eigenvalue weighted by Crippen LogP contribution is -2.01. The largest absolute Gasteiger partial charge is 0.456 e. The summed E-state index contributed by atoms with van der Waals surface area (Å²) >= 11 is 0. The van der Waals surface area contributed by atoms with Crippen LogP contribution in [0, 0.1) is 0 Å². The van der Waals surface area contributed by atoms with Gasteiger partial charge in [-0.2, -0.15) is 0 Å². The Morgan fingerprint density at radius 2 is 0.807 bits per heavy atom. The molecule has 0 saturated carbocycles. The van der Waals surface area contributed by atoms with Gasteiger partial charge in [0, 0.05) is 27.5 Å². The number of hydrogen-bond acceptors (Lipinski definition) is 4. The third-order valence-electron chi connectivity index (χ3n) is 10.9. The summed E-state index contributed by atoms with van der Waals surface area (Å²) in [5.41, 5.74) is 11.3. The van der Waals surface area contributed by atoms with Crippen LogP contribution in [0.5, 0.6) is 0 Å². The molecule has 0 amide bonds. The van der Waals surface area contributed by atoms with Crippen LogP contribution in [0.25, 0.3) is 111 Å². The van der Waals surface area contributed by atoms with Crippen LogP contribution in [0.4, 0.5) is 0 Å². The van der Waals surface area contributed by atoms with Crippen molar-refractivity contribution in [2.45, 2.75) is 0 Å². The van der Waals surface area contributed by atoms with Crippen molar-refractivity contribution in [3.05, 3.63) is 200 Å². The zero-order valence-corrected chi connectivity index (χ0v) is 30.8. The Morgan fingerprint density at radius 1 is 0.263 bits per heavy atom. The molecule has 4 nitrogen and oxygen atoms in total. The van der Waals surface area contributed by atoms with Crippen molar-refractivity contribution in [2.24, 2.45) is 0 Å². The van der Waals surface area contributed by atoms with E-state index in [0.717, 1.165) is 71.7 Å². The first-order valence-corrected chi connectivity index (χ1v) is 19.2. The number of para-hydroxylation sites is 1. The number of hydrogen-bond donors (Lipinski definition) is 0. The maximum atomic E-state index is 6.21. The molecule has 2 heterocycles. The zero-order chi connectivity index (χ0) is 37.7. The Morgan fingerprint density at radius 3 is 1.67 bits per heavy atom. The van der Waals surface area contributed by atoms with Crippen molar-refractivity contribution in [2.75, 3.05) is 0 Å². The SMILES string of the molecule is c1ccc(-c2ccc3c(-c4nc(-c5ccc(-c6ccc7c(c6)oc6ccccc67)cc5)nc(-c5ccccc5-c5ccc6ccccc6c5)n4)cccc3c2)cc1. The van der Waals surface area contributed by atoms with E-state index in [1.807, 2.05) is 24.3 Å². The van der Waals surface area contributed by atoms with Crippen molar-refractivity contribution in [3.63, 3.8) is 0 Å². The van der Waals surface area contributed by atoms with Crippen molar-refractivity contribution in [1.29, 1.82) is 0 Å². The highest BCUT2D eigenvalue weighted by molar-refractivity contribution is 6.06. The summed E-state index contributed by atoms with van der Waals surface area (Å²) in [6.07, 6.45) is 0. The Kier molecular flexibility index (Phi) is 7.78. The molecule has 0 bridgehead atoms. The molecule has 0 unspecified atom stereocenters. The van der Waals surface area contributed by atoms with E-state index in [4.69, 9.17) is 19.4 Å². The molecule has 57 heavy (non-hydrogen) atoms. The van der Waals surface area contributed by atoms with E-state index in [-0.39, 0.29) is 0 Å². The predicted octanol–water partition coefficient (Wildman–Crippen LogP) is 14.1. The van der Waals surface area contributed by atoms with E-state index < -0.39 is 0 Å². The van der Waals surface area contributed by atoms with Gasteiger partial charge in [0.2, 0.25) is 0 Å². The molecule has 0 N–H and O–H groups in total. The van der Waals surface area contributed by atoms with Crippen LogP contribution in [0.15, 0.2) is 205 Å². The smallest absolute Gasteiger partial charge is 0.164 e. The van der Waals surface area contributed by atoms with Crippen LogP contribution < -0.4 is 0 Å². The Bertz CT molecular complexity index is 3290. The minimum absolute atomic E-state index is 0.612. The van der Waals surface area contributed by atoms with Gasteiger partial charge in [-0.3, -0.25) is 0 Å². The van der Waals surface area contributed by atoms with Gasteiger partial charge in [-0.25, -0.2) is 15.0 Å². The minimum Gasteiger partial charge on any atom is -0.456 e. The summed E-state index contributed by atoms with van der Waals surface area (Å²) in [4.78, 5) is 15.7. The third-order valence-corrected chi connectivity index (χ3v) is 10.9. The summed E-state index contributed by atoms with van der Waals surface area (Å²) < 4.78 is 6.21. The lowest BCUT2D eigenvalue weighted by molar-refractivity contribution is 0.669. The third kappa shape index (κ3) is 5.92. The van der Waals surface area contributed by atoms with Crippen molar-refractivity contribution in [3.8, 4) is 67.5 Å². The quantitative estimate of drug-likeness (QED) is 0.171. The van der Waals surface area contributed by atoms with Gasteiger partial charge in [0.1, 0.15) is 11.2 Å². The van der Waals surface area contributed by atoms with Gasteiger partial charge in [-0.1, -0.05) is 170 Å². The van der Waals surface area contributed by atoms with Crippen molar-refractivity contribution in [1.82, 2.24) is 15.0 Å².